The van der Waals surface area contributed by atoms with E-state index in [2.05, 4.69) is 6.58 Å². The molecule has 0 aromatic heterocycles. The van der Waals surface area contributed by atoms with Gasteiger partial charge in [0.05, 0.1) is 16.9 Å². The Labute approximate surface area is 167 Å². The molecular weight excluding hydrogens is 372 g/mol. The number of carboxylic acids is 1. The summed E-state index contributed by atoms with van der Waals surface area (Å²) in [4.78, 5) is 12.0. The zero-order valence-corrected chi connectivity index (χ0v) is 16.9. The fourth-order valence-corrected chi connectivity index (χ4v) is 5.32. The van der Waals surface area contributed by atoms with Crippen LogP contribution in [-0.4, -0.2) is 30.5 Å². The third kappa shape index (κ3) is 6.64. The summed E-state index contributed by atoms with van der Waals surface area (Å²) in [5, 5.41) is 8.86. The van der Waals surface area contributed by atoms with Gasteiger partial charge in [-0.25, -0.2) is 8.42 Å². The van der Waals surface area contributed by atoms with Gasteiger partial charge in [-0.15, -0.1) is 6.58 Å². The van der Waals surface area contributed by atoms with Crippen molar-refractivity contribution in [1.29, 1.82) is 0 Å². The molecule has 0 heterocycles. The van der Waals surface area contributed by atoms with Crippen molar-refractivity contribution in [2.75, 3.05) is 5.75 Å². The van der Waals surface area contributed by atoms with E-state index in [1.807, 2.05) is 60.7 Å². The van der Waals surface area contributed by atoms with Crippen LogP contribution < -0.4 is 0 Å². The first kappa shape index (κ1) is 21.9. The summed E-state index contributed by atoms with van der Waals surface area (Å²) < 4.78 is 25.6. The Morgan fingerprint density at radius 2 is 1.46 bits per heavy atom. The Balaban J connectivity index is 2.13. The molecule has 0 radical (unpaired) electrons. The molecule has 0 aliphatic rings. The topological polar surface area (TPSA) is 71.4 Å². The summed E-state index contributed by atoms with van der Waals surface area (Å²) in [6.45, 7) is 3.53. The Kier molecular flexibility index (Phi) is 8.45. The standard InChI is InChI=1S/C23H28O4S/c1-2-18-28(26,27)22(17-16-20-12-7-4-8-13-20)21(23(24)25)15-9-14-19-10-5-3-6-11-19/h2-8,10-13,21-22H,1,9,14-18H2,(H,24,25). The van der Waals surface area contributed by atoms with E-state index in [0.717, 1.165) is 17.5 Å². The van der Waals surface area contributed by atoms with Crippen LogP contribution in [0, 0.1) is 5.92 Å². The van der Waals surface area contributed by atoms with E-state index in [9.17, 15) is 18.3 Å². The number of carbonyl (C=O) groups is 1. The second-order valence-electron chi connectivity index (χ2n) is 7.00. The van der Waals surface area contributed by atoms with Crippen LogP contribution in [-0.2, 0) is 27.5 Å². The lowest BCUT2D eigenvalue weighted by atomic mass is 9.93. The largest absolute Gasteiger partial charge is 0.481 e. The van der Waals surface area contributed by atoms with Gasteiger partial charge in [-0.3, -0.25) is 4.79 Å². The predicted molar refractivity (Wildman–Crippen MR) is 113 cm³/mol. The molecule has 2 aromatic carbocycles. The molecule has 28 heavy (non-hydrogen) atoms. The van der Waals surface area contributed by atoms with Crippen molar-refractivity contribution in [3.05, 3.63) is 84.4 Å². The average molecular weight is 401 g/mol. The second kappa shape index (κ2) is 10.8. The molecule has 0 saturated carbocycles. The van der Waals surface area contributed by atoms with Crippen molar-refractivity contribution in [3.8, 4) is 0 Å². The molecule has 150 valence electrons. The highest BCUT2D eigenvalue weighted by Gasteiger charge is 2.36. The van der Waals surface area contributed by atoms with Gasteiger partial charge >= 0.3 is 5.97 Å². The Morgan fingerprint density at radius 3 is 1.96 bits per heavy atom. The van der Waals surface area contributed by atoms with Gasteiger partial charge in [0.15, 0.2) is 9.84 Å². The van der Waals surface area contributed by atoms with Crippen LogP contribution in [0.4, 0.5) is 0 Å². The van der Waals surface area contributed by atoms with Crippen molar-refractivity contribution in [1.82, 2.24) is 0 Å². The molecule has 2 atom stereocenters. The maximum absolute atomic E-state index is 12.8. The molecule has 2 unspecified atom stereocenters. The molecule has 4 nitrogen and oxygen atoms in total. The van der Waals surface area contributed by atoms with Gasteiger partial charge < -0.3 is 5.11 Å². The maximum Gasteiger partial charge on any atom is 0.307 e. The summed E-state index contributed by atoms with van der Waals surface area (Å²) in [5.74, 6) is -2.16. The van der Waals surface area contributed by atoms with Crippen LogP contribution in [0.5, 0.6) is 0 Å². The van der Waals surface area contributed by atoms with E-state index < -0.39 is 27.0 Å². The zero-order chi connectivity index (χ0) is 20.4. The molecular formula is C23H28O4S. The Bertz CT molecular complexity index is 845. The SMILES string of the molecule is C=CCS(=O)(=O)C(CCc1ccccc1)C(CCCc1ccccc1)C(=O)O. The van der Waals surface area contributed by atoms with Crippen molar-refractivity contribution in [2.45, 2.75) is 37.4 Å². The fourth-order valence-electron chi connectivity index (χ4n) is 3.51. The smallest absolute Gasteiger partial charge is 0.307 e. The number of hydrogen-bond acceptors (Lipinski definition) is 3. The lowest BCUT2D eigenvalue weighted by Gasteiger charge is -2.24. The molecule has 2 rings (SSSR count). The van der Waals surface area contributed by atoms with Gasteiger partial charge in [-0.2, -0.15) is 0 Å². The van der Waals surface area contributed by atoms with Crippen LogP contribution >= 0.6 is 0 Å². The first-order valence-corrected chi connectivity index (χ1v) is 11.3. The van der Waals surface area contributed by atoms with Crippen molar-refractivity contribution < 1.29 is 18.3 Å². The summed E-state index contributed by atoms with van der Waals surface area (Å²) in [6, 6.07) is 19.4. The van der Waals surface area contributed by atoms with E-state index in [1.165, 1.54) is 6.08 Å². The molecule has 0 spiro atoms. The molecule has 1 N–H and O–H groups in total. The quantitative estimate of drug-likeness (QED) is 0.539. The zero-order valence-electron chi connectivity index (χ0n) is 16.0. The minimum absolute atomic E-state index is 0.199. The van der Waals surface area contributed by atoms with Gasteiger partial charge in [0, 0.05) is 0 Å². The number of hydrogen-bond donors (Lipinski definition) is 1. The number of carboxylic acid groups (broad SMARTS) is 1. The number of sulfone groups is 1. The first-order valence-electron chi connectivity index (χ1n) is 9.57. The fraction of sp³-hybridized carbons (Fsp3) is 0.348. The molecule has 0 saturated heterocycles. The minimum Gasteiger partial charge on any atom is -0.481 e. The third-order valence-electron chi connectivity index (χ3n) is 4.96. The lowest BCUT2D eigenvalue weighted by Crippen LogP contribution is -2.36. The highest BCUT2D eigenvalue weighted by Crippen LogP contribution is 2.25. The monoisotopic (exact) mass is 400 g/mol. The first-order chi connectivity index (χ1) is 13.4. The molecule has 0 aliphatic carbocycles. The van der Waals surface area contributed by atoms with E-state index in [1.54, 1.807) is 0 Å². The molecule has 5 heteroatoms. The van der Waals surface area contributed by atoms with Crippen LogP contribution in [0.3, 0.4) is 0 Å². The maximum atomic E-state index is 12.8. The summed E-state index contributed by atoms with van der Waals surface area (Å²) in [7, 11) is -3.58. The molecule has 0 fully saturated rings. The van der Waals surface area contributed by atoms with Crippen LogP contribution in [0.15, 0.2) is 73.3 Å². The minimum atomic E-state index is -3.58. The number of aliphatic carboxylic acids is 1. The van der Waals surface area contributed by atoms with Crippen molar-refractivity contribution in [3.63, 3.8) is 0 Å². The normalized spacial score (nSPS) is 13.6. The molecule has 2 aromatic rings. The van der Waals surface area contributed by atoms with E-state index in [0.29, 0.717) is 25.7 Å². The van der Waals surface area contributed by atoms with Crippen LogP contribution in [0.2, 0.25) is 0 Å². The van der Waals surface area contributed by atoms with Gasteiger partial charge in [0.2, 0.25) is 0 Å². The number of aryl methyl sites for hydroxylation is 2. The summed E-state index contributed by atoms with van der Waals surface area (Å²) in [5.41, 5.74) is 2.14. The molecule has 0 bridgehead atoms. The number of rotatable bonds is 12. The Morgan fingerprint density at radius 1 is 0.929 bits per heavy atom. The molecule has 0 amide bonds. The van der Waals surface area contributed by atoms with Gasteiger partial charge in [-0.05, 0) is 43.2 Å². The van der Waals surface area contributed by atoms with Crippen LogP contribution in [0.1, 0.15) is 30.4 Å². The Hall–Kier alpha value is -2.40. The van der Waals surface area contributed by atoms with Crippen molar-refractivity contribution >= 4 is 15.8 Å². The highest BCUT2D eigenvalue weighted by atomic mass is 32.2. The lowest BCUT2D eigenvalue weighted by molar-refractivity contribution is -0.142. The van der Waals surface area contributed by atoms with Gasteiger partial charge in [0.1, 0.15) is 0 Å². The summed E-state index contributed by atoms with van der Waals surface area (Å²) >= 11 is 0. The third-order valence-corrected chi connectivity index (χ3v) is 7.15. The second-order valence-corrected chi connectivity index (χ2v) is 9.27. The molecule has 0 aliphatic heterocycles. The average Bonchev–Trinajstić information content (AvgIpc) is 2.68. The summed E-state index contributed by atoms with van der Waals surface area (Å²) in [6.07, 6.45) is 3.87. The van der Waals surface area contributed by atoms with Gasteiger partial charge in [0.25, 0.3) is 0 Å². The van der Waals surface area contributed by atoms with E-state index in [4.69, 9.17) is 0 Å². The highest BCUT2D eigenvalue weighted by molar-refractivity contribution is 7.92. The number of benzene rings is 2. The predicted octanol–water partition coefficient (Wildman–Crippen LogP) is 4.31. The van der Waals surface area contributed by atoms with E-state index in [-0.39, 0.29) is 5.75 Å². The van der Waals surface area contributed by atoms with Gasteiger partial charge in [-0.1, -0.05) is 66.7 Å². The van der Waals surface area contributed by atoms with Crippen molar-refractivity contribution in [2.24, 2.45) is 5.92 Å². The van der Waals surface area contributed by atoms with E-state index >= 15 is 0 Å². The van der Waals surface area contributed by atoms with Crippen LogP contribution in [0.25, 0.3) is 0 Å².